The van der Waals surface area contributed by atoms with Crippen molar-refractivity contribution in [2.45, 2.75) is 6.92 Å². The topological polar surface area (TPSA) is 78.3 Å². The number of amides is 1. The van der Waals surface area contributed by atoms with Gasteiger partial charge >= 0.3 is 0 Å². The molecule has 2 heterocycles. The lowest BCUT2D eigenvalue weighted by Gasteiger charge is -2.10. The minimum absolute atomic E-state index is 0.275. The van der Waals surface area contributed by atoms with Gasteiger partial charge in [-0.05, 0) is 37.3 Å². The van der Waals surface area contributed by atoms with E-state index in [1.165, 1.54) is 18.4 Å². The summed E-state index contributed by atoms with van der Waals surface area (Å²) >= 11 is 1.51. The van der Waals surface area contributed by atoms with Crippen LogP contribution in [0.3, 0.4) is 0 Å². The third-order valence-electron chi connectivity index (χ3n) is 4.18. The second-order valence-electron chi connectivity index (χ2n) is 6.07. The van der Waals surface area contributed by atoms with Crippen LogP contribution < -0.4 is 14.8 Å². The molecule has 142 valence electrons. The number of carbonyl (C=O) groups excluding carboxylic acids is 1. The van der Waals surface area contributed by atoms with Crippen LogP contribution in [0.5, 0.6) is 11.5 Å². The Balaban J connectivity index is 1.66. The zero-order valence-corrected chi connectivity index (χ0v) is 16.4. The lowest BCUT2D eigenvalue weighted by atomic mass is 10.2. The van der Waals surface area contributed by atoms with Crippen molar-refractivity contribution < 1.29 is 14.3 Å². The molecule has 8 heteroatoms. The molecular formula is C20H18N4O3S. The number of carbonyl (C=O) groups is 1. The maximum atomic E-state index is 12.8. The van der Waals surface area contributed by atoms with Crippen LogP contribution in [0.4, 0.5) is 5.82 Å². The molecule has 4 rings (SSSR count). The van der Waals surface area contributed by atoms with E-state index in [1.807, 2.05) is 37.3 Å². The average Bonchev–Trinajstić information content (AvgIpc) is 3.30. The minimum Gasteiger partial charge on any atom is -0.493 e. The first-order valence-electron chi connectivity index (χ1n) is 8.55. The fourth-order valence-electron chi connectivity index (χ4n) is 2.85. The molecule has 0 bridgehead atoms. The zero-order chi connectivity index (χ0) is 19.7. The van der Waals surface area contributed by atoms with E-state index in [0.717, 1.165) is 15.9 Å². The van der Waals surface area contributed by atoms with Gasteiger partial charge in [0.15, 0.2) is 11.5 Å². The fraction of sp³-hybridized carbons (Fsp3) is 0.150. The number of nitrogens with zero attached hydrogens (tertiary/aromatic N) is 3. The van der Waals surface area contributed by atoms with Crippen molar-refractivity contribution in [2.75, 3.05) is 19.5 Å². The first-order chi connectivity index (χ1) is 13.6. The van der Waals surface area contributed by atoms with Gasteiger partial charge in [0, 0.05) is 11.6 Å². The third-order valence-corrected chi connectivity index (χ3v) is 5.19. The Morgan fingerprint density at radius 3 is 2.61 bits per heavy atom. The van der Waals surface area contributed by atoms with Crippen LogP contribution in [0, 0.1) is 6.92 Å². The number of ether oxygens (including phenoxy) is 2. The fourth-order valence-corrected chi connectivity index (χ4v) is 3.78. The number of nitrogens with one attached hydrogen (secondary N) is 1. The highest BCUT2D eigenvalue weighted by atomic mass is 32.1. The number of aromatic nitrogens is 3. The Bertz CT molecular complexity index is 1130. The lowest BCUT2D eigenvalue weighted by Crippen LogP contribution is -2.15. The molecule has 0 aliphatic heterocycles. The van der Waals surface area contributed by atoms with Gasteiger partial charge in [-0.25, -0.2) is 4.98 Å². The summed E-state index contributed by atoms with van der Waals surface area (Å²) < 4.78 is 13.2. The summed E-state index contributed by atoms with van der Waals surface area (Å²) in [6, 6.07) is 14.7. The third kappa shape index (κ3) is 3.29. The molecule has 0 spiro atoms. The molecule has 1 amide bonds. The number of fused-ring (bicyclic) bond motifs is 1. The number of hydrogen-bond donors (Lipinski definition) is 1. The standard InChI is InChI=1S/C20H18N4O3S/c1-12-10-18(22-19(25)13-8-9-15(26-2)16(11-13)27-3)24(23-12)20-21-14-6-4-5-7-17(14)28-20/h4-11H,1-3H3,(H,22,25). The Hall–Kier alpha value is -3.39. The van der Waals surface area contributed by atoms with Crippen molar-refractivity contribution in [3.63, 3.8) is 0 Å². The molecule has 0 saturated heterocycles. The van der Waals surface area contributed by atoms with E-state index in [4.69, 9.17) is 9.47 Å². The molecule has 2 aromatic heterocycles. The van der Waals surface area contributed by atoms with Gasteiger partial charge in [-0.15, -0.1) is 0 Å². The van der Waals surface area contributed by atoms with Gasteiger partial charge < -0.3 is 14.8 Å². The molecule has 2 aromatic carbocycles. The molecule has 0 aliphatic rings. The number of hydrogen-bond acceptors (Lipinski definition) is 6. The summed E-state index contributed by atoms with van der Waals surface area (Å²) in [5.41, 5.74) is 2.13. The molecule has 4 aromatic rings. The first kappa shape index (κ1) is 18.0. The maximum absolute atomic E-state index is 12.8. The van der Waals surface area contributed by atoms with Crippen molar-refractivity contribution in [3.8, 4) is 16.6 Å². The minimum atomic E-state index is -0.275. The van der Waals surface area contributed by atoms with Crippen LogP contribution >= 0.6 is 11.3 Å². The second-order valence-corrected chi connectivity index (χ2v) is 7.08. The van der Waals surface area contributed by atoms with Gasteiger partial charge in [-0.2, -0.15) is 9.78 Å². The quantitative estimate of drug-likeness (QED) is 0.552. The van der Waals surface area contributed by atoms with E-state index in [2.05, 4.69) is 15.4 Å². The van der Waals surface area contributed by atoms with E-state index in [9.17, 15) is 4.79 Å². The van der Waals surface area contributed by atoms with Crippen LogP contribution in [0.1, 0.15) is 16.1 Å². The van der Waals surface area contributed by atoms with E-state index >= 15 is 0 Å². The van der Waals surface area contributed by atoms with Crippen LogP contribution in [-0.4, -0.2) is 34.9 Å². The van der Waals surface area contributed by atoms with Crippen molar-refractivity contribution in [3.05, 3.63) is 59.8 Å². The second kappa shape index (κ2) is 7.32. The highest BCUT2D eigenvalue weighted by Gasteiger charge is 2.16. The molecule has 7 nitrogen and oxygen atoms in total. The van der Waals surface area contributed by atoms with E-state index in [-0.39, 0.29) is 5.91 Å². The van der Waals surface area contributed by atoms with Crippen molar-refractivity contribution in [2.24, 2.45) is 0 Å². The molecule has 0 saturated carbocycles. The predicted octanol–water partition coefficient (Wildman–Crippen LogP) is 4.06. The highest BCUT2D eigenvalue weighted by molar-refractivity contribution is 7.20. The van der Waals surface area contributed by atoms with Gasteiger partial charge in [0.2, 0.25) is 5.13 Å². The van der Waals surface area contributed by atoms with E-state index < -0.39 is 0 Å². The molecule has 0 radical (unpaired) electrons. The van der Waals surface area contributed by atoms with Crippen molar-refractivity contribution in [1.29, 1.82) is 0 Å². The smallest absolute Gasteiger partial charge is 0.256 e. The largest absolute Gasteiger partial charge is 0.493 e. The first-order valence-corrected chi connectivity index (χ1v) is 9.36. The van der Waals surface area contributed by atoms with Gasteiger partial charge in [-0.3, -0.25) is 4.79 Å². The van der Waals surface area contributed by atoms with Gasteiger partial charge in [0.05, 0.1) is 30.1 Å². The van der Waals surface area contributed by atoms with Gasteiger partial charge in [0.1, 0.15) is 5.82 Å². The number of aryl methyl sites for hydroxylation is 1. The summed E-state index contributed by atoms with van der Waals surface area (Å²) in [6.45, 7) is 1.87. The summed E-state index contributed by atoms with van der Waals surface area (Å²) in [5, 5.41) is 8.09. The molecule has 0 aliphatic carbocycles. The van der Waals surface area contributed by atoms with Crippen LogP contribution in [-0.2, 0) is 0 Å². The Morgan fingerprint density at radius 1 is 1.07 bits per heavy atom. The van der Waals surface area contributed by atoms with Crippen LogP contribution in [0.15, 0.2) is 48.5 Å². The molecule has 1 N–H and O–H groups in total. The number of methoxy groups -OCH3 is 2. The Labute approximate surface area is 165 Å². The summed E-state index contributed by atoms with van der Waals surface area (Å²) in [6.07, 6.45) is 0. The highest BCUT2D eigenvalue weighted by Crippen LogP contribution is 2.29. The summed E-state index contributed by atoms with van der Waals surface area (Å²) in [7, 11) is 3.09. The monoisotopic (exact) mass is 394 g/mol. The molecule has 28 heavy (non-hydrogen) atoms. The number of para-hydroxylation sites is 1. The van der Waals surface area contributed by atoms with Crippen molar-refractivity contribution in [1.82, 2.24) is 14.8 Å². The SMILES string of the molecule is COc1ccc(C(=O)Nc2cc(C)nn2-c2nc3ccccc3s2)cc1OC. The summed E-state index contributed by atoms with van der Waals surface area (Å²) in [4.78, 5) is 17.4. The molecular weight excluding hydrogens is 376 g/mol. The summed E-state index contributed by atoms with van der Waals surface area (Å²) in [5.74, 6) is 1.33. The van der Waals surface area contributed by atoms with E-state index in [0.29, 0.717) is 28.0 Å². The van der Waals surface area contributed by atoms with Crippen LogP contribution in [0.2, 0.25) is 0 Å². The predicted molar refractivity (Wildman–Crippen MR) is 109 cm³/mol. The number of benzene rings is 2. The zero-order valence-electron chi connectivity index (χ0n) is 15.6. The molecule has 0 atom stereocenters. The van der Waals surface area contributed by atoms with Crippen molar-refractivity contribution >= 4 is 33.3 Å². The molecule has 0 unspecified atom stereocenters. The Morgan fingerprint density at radius 2 is 1.86 bits per heavy atom. The average molecular weight is 394 g/mol. The number of rotatable bonds is 5. The number of thiazole rings is 1. The van der Waals surface area contributed by atoms with Gasteiger partial charge in [-0.1, -0.05) is 23.5 Å². The van der Waals surface area contributed by atoms with Crippen LogP contribution in [0.25, 0.3) is 15.3 Å². The molecule has 0 fully saturated rings. The Kier molecular flexibility index (Phi) is 4.70. The lowest BCUT2D eigenvalue weighted by molar-refractivity contribution is 0.102. The van der Waals surface area contributed by atoms with E-state index in [1.54, 1.807) is 30.0 Å². The normalized spacial score (nSPS) is 10.8. The number of anilines is 1. The maximum Gasteiger partial charge on any atom is 0.256 e. The van der Waals surface area contributed by atoms with Gasteiger partial charge in [0.25, 0.3) is 5.91 Å².